The number of thiazole rings is 1. The number of aryl methyl sites for hydroxylation is 1. The fraction of sp³-hybridized carbons (Fsp3) is 0.667. The van der Waals surface area contributed by atoms with Crippen LogP contribution in [-0.2, 0) is 11.2 Å². The highest BCUT2D eigenvalue weighted by Gasteiger charge is 2.28. The monoisotopic (exact) mass is 253 g/mol. The number of amides is 1. The highest BCUT2D eigenvalue weighted by atomic mass is 32.1. The van der Waals surface area contributed by atoms with Gasteiger partial charge in [0.05, 0.1) is 10.9 Å². The van der Waals surface area contributed by atoms with Crippen LogP contribution in [0, 0.1) is 18.8 Å². The van der Waals surface area contributed by atoms with E-state index < -0.39 is 0 Å². The van der Waals surface area contributed by atoms with Gasteiger partial charge in [0, 0.05) is 30.6 Å². The summed E-state index contributed by atoms with van der Waals surface area (Å²) < 4.78 is 0. The summed E-state index contributed by atoms with van der Waals surface area (Å²) in [6.07, 6.45) is 0.832. The maximum atomic E-state index is 11.9. The van der Waals surface area contributed by atoms with Crippen molar-refractivity contribution in [3.8, 4) is 0 Å². The molecule has 17 heavy (non-hydrogen) atoms. The van der Waals surface area contributed by atoms with Gasteiger partial charge >= 0.3 is 0 Å². The van der Waals surface area contributed by atoms with Crippen molar-refractivity contribution in [3.63, 3.8) is 0 Å². The lowest BCUT2D eigenvalue weighted by Crippen LogP contribution is -2.35. The first-order chi connectivity index (χ1) is 8.16. The Morgan fingerprint density at radius 3 is 3.06 bits per heavy atom. The summed E-state index contributed by atoms with van der Waals surface area (Å²) in [5, 5.41) is 9.38. The van der Waals surface area contributed by atoms with E-state index in [1.807, 2.05) is 12.3 Å². The predicted octanol–water partition coefficient (Wildman–Crippen LogP) is 0.966. The van der Waals surface area contributed by atoms with E-state index in [9.17, 15) is 4.79 Å². The van der Waals surface area contributed by atoms with Crippen molar-refractivity contribution in [2.45, 2.75) is 20.3 Å². The minimum absolute atomic E-state index is 0.132. The van der Waals surface area contributed by atoms with Crippen molar-refractivity contribution >= 4 is 17.2 Å². The average Bonchev–Trinajstić information content (AvgIpc) is 2.87. The Kier molecular flexibility index (Phi) is 4.12. The molecule has 94 valence electrons. The molecule has 2 atom stereocenters. The molecule has 1 amide bonds. The van der Waals surface area contributed by atoms with E-state index >= 15 is 0 Å². The third-order valence-electron chi connectivity index (χ3n) is 3.16. The molecule has 2 N–H and O–H groups in total. The smallest absolute Gasteiger partial charge is 0.224 e. The van der Waals surface area contributed by atoms with E-state index in [1.165, 1.54) is 0 Å². The fourth-order valence-electron chi connectivity index (χ4n) is 2.10. The molecular formula is C12H19N3OS. The molecule has 4 nitrogen and oxygen atoms in total. The number of hydrogen-bond donors (Lipinski definition) is 2. The van der Waals surface area contributed by atoms with Gasteiger partial charge in [0.1, 0.15) is 0 Å². The van der Waals surface area contributed by atoms with Crippen LogP contribution in [-0.4, -0.2) is 30.5 Å². The van der Waals surface area contributed by atoms with Gasteiger partial charge in [0.2, 0.25) is 5.91 Å². The zero-order valence-corrected chi connectivity index (χ0v) is 11.1. The van der Waals surface area contributed by atoms with Gasteiger partial charge in [0.15, 0.2) is 0 Å². The van der Waals surface area contributed by atoms with Crippen molar-refractivity contribution in [3.05, 3.63) is 16.1 Å². The van der Waals surface area contributed by atoms with Gasteiger partial charge in [-0.05, 0) is 19.4 Å². The van der Waals surface area contributed by atoms with Crippen LogP contribution in [0.1, 0.15) is 17.6 Å². The van der Waals surface area contributed by atoms with Crippen LogP contribution in [0.15, 0.2) is 5.38 Å². The minimum atomic E-state index is 0.132. The van der Waals surface area contributed by atoms with Gasteiger partial charge in [-0.15, -0.1) is 11.3 Å². The van der Waals surface area contributed by atoms with Crippen molar-refractivity contribution < 1.29 is 4.79 Å². The summed E-state index contributed by atoms with van der Waals surface area (Å²) in [4.78, 5) is 16.3. The summed E-state index contributed by atoms with van der Waals surface area (Å²) in [5.41, 5.74) is 1.06. The van der Waals surface area contributed by atoms with Crippen LogP contribution < -0.4 is 10.6 Å². The molecule has 2 unspecified atom stereocenters. The highest BCUT2D eigenvalue weighted by molar-refractivity contribution is 7.09. The van der Waals surface area contributed by atoms with Gasteiger partial charge in [-0.2, -0.15) is 0 Å². The van der Waals surface area contributed by atoms with E-state index in [1.54, 1.807) is 11.3 Å². The lowest BCUT2D eigenvalue weighted by atomic mass is 9.97. The Bertz CT molecular complexity index is 391. The number of carbonyl (C=O) groups is 1. The number of nitrogens with one attached hydrogen (secondary N) is 2. The normalized spacial score (nSPS) is 23.9. The Morgan fingerprint density at radius 1 is 1.65 bits per heavy atom. The first-order valence-corrected chi connectivity index (χ1v) is 6.94. The van der Waals surface area contributed by atoms with Gasteiger partial charge in [0.25, 0.3) is 0 Å². The van der Waals surface area contributed by atoms with Crippen LogP contribution in [0.3, 0.4) is 0 Å². The summed E-state index contributed by atoms with van der Waals surface area (Å²) in [6.45, 7) is 6.56. The van der Waals surface area contributed by atoms with E-state index in [4.69, 9.17) is 0 Å². The molecule has 2 rings (SSSR count). The molecule has 1 aliphatic rings. The van der Waals surface area contributed by atoms with Crippen molar-refractivity contribution in [2.75, 3.05) is 19.6 Å². The Morgan fingerprint density at radius 2 is 2.47 bits per heavy atom. The second kappa shape index (κ2) is 5.60. The van der Waals surface area contributed by atoms with Gasteiger partial charge in [-0.1, -0.05) is 6.92 Å². The molecule has 5 heteroatoms. The summed E-state index contributed by atoms with van der Waals surface area (Å²) >= 11 is 1.66. The molecule has 0 aliphatic carbocycles. The van der Waals surface area contributed by atoms with Gasteiger partial charge in [-0.3, -0.25) is 4.79 Å². The molecule has 0 radical (unpaired) electrons. The van der Waals surface area contributed by atoms with Gasteiger partial charge in [-0.25, -0.2) is 4.98 Å². The highest BCUT2D eigenvalue weighted by Crippen LogP contribution is 2.15. The molecule has 0 saturated carbocycles. The lowest BCUT2D eigenvalue weighted by molar-refractivity contribution is -0.125. The van der Waals surface area contributed by atoms with Crippen molar-refractivity contribution in [1.29, 1.82) is 0 Å². The molecule has 1 fully saturated rings. The first-order valence-electron chi connectivity index (χ1n) is 6.06. The third kappa shape index (κ3) is 3.26. The molecule has 1 aromatic heterocycles. The quantitative estimate of drug-likeness (QED) is 0.840. The van der Waals surface area contributed by atoms with Crippen molar-refractivity contribution in [2.24, 2.45) is 11.8 Å². The first kappa shape index (κ1) is 12.5. The molecule has 0 spiro atoms. The standard InChI is InChI=1S/C12H19N3OS/c1-8-5-13-6-10(8)12(16)14-4-3-11-15-9(2)7-17-11/h7-8,10,13H,3-6H2,1-2H3,(H,14,16). The summed E-state index contributed by atoms with van der Waals surface area (Å²) in [5.74, 6) is 0.751. The number of aromatic nitrogens is 1. The number of rotatable bonds is 4. The summed E-state index contributed by atoms with van der Waals surface area (Å²) in [6, 6.07) is 0. The maximum Gasteiger partial charge on any atom is 0.224 e. The molecular weight excluding hydrogens is 234 g/mol. The van der Waals surface area contributed by atoms with Gasteiger partial charge < -0.3 is 10.6 Å². The predicted molar refractivity (Wildman–Crippen MR) is 69.1 cm³/mol. The van der Waals surface area contributed by atoms with Crippen LogP contribution in [0.5, 0.6) is 0 Å². The molecule has 1 aliphatic heterocycles. The topological polar surface area (TPSA) is 54.0 Å². The molecule has 2 heterocycles. The number of hydrogen-bond acceptors (Lipinski definition) is 4. The SMILES string of the molecule is Cc1csc(CCNC(=O)C2CNCC2C)n1. The molecule has 0 bridgehead atoms. The van der Waals surface area contributed by atoms with E-state index in [0.29, 0.717) is 12.5 Å². The molecule has 1 aromatic rings. The zero-order valence-electron chi connectivity index (χ0n) is 10.3. The largest absolute Gasteiger partial charge is 0.355 e. The number of carbonyl (C=O) groups excluding carboxylic acids is 1. The zero-order chi connectivity index (χ0) is 12.3. The van der Waals surface area contributed by atoms with Crippen LogP contribution >= 0.6 is 11.3 Å². The summed E-state index contributed by atoms with van der Waals surface area (Å²) in [7, 11) is 0. The van der Waals surface area contributed by atoms with Crippen LogP contribution in [0.2, 0.25) is 0 Å². The lowest BCUT2D eigenvalue weighted by Gasteiger charge is -2.13. The Hall–Kier alpha value is -0.940. The molecule has 0 aromatic carbocycles. The molecule has 1 saturated heterocycles. The minimum Gasteiger partial charge on any atom is -0.355 e. The average molecular weight is 253 g/mol. The van der Waals surface area contributed by atoms with Crippen LogP contribution in [0.25, 0.3) is 0 Å². The van der Waals surface area contributed by atoms with Crippen molar-refractivity contribution in [1.82, 2.24) is 15.6 Å². The fourth-order valence-corrected chi connectivity index (χ4v) is 2.88. The van der Waals surface area contributed by atoms with E-state index in [2.05, 4.69) is 22.5 Å². The van der Waals surface area contributed by atoms with E-state index in [0.717, 1.165) is 30.2 Å². The van der Waals surface area contributed by atoms with E-state index in [-0.39, 0.29) is 11.8 Å². The Balaban J connectivity index is 1.73. The second-order valence-corrected chi connectivity index (χ2v) is 5.61. The van der Waals surface area contributed by atoms with Crippen LogP contribution in [0.4, 0.5) is 0 Å². The third-order valence-corrected chi connectivity index (χ3v) is 4.19. The second-order valence-electron chi connectivity index (χ2n) is 4.67. The number of nitrogens with zero attached hydrogens (tertiary/aromatic N) is 1. The Labute approximate surface area is 106 Å². The maximum absolute atomic E-state index is 11.9.